The van der Waals surface area contributed by atoms with E-state index in [1.54, 1.807) is 0 Å². The topological polar surface area (TPSA) is 104 Å². The molecule has 380 valence electrons. The Kier molecular flexibility index (Phi) is 13.3. The van der Waals surface area contributed by atoms with Crippen LogP contribution in [0.3, 0.4) is 0 Å². The van der Waals surface area contributed by atoms with Crippen LogP contribution in [-0.4, -0.2) is 48.4 Å². The monoisotopic (exact) mass is 1030 g/mol. The number of fused-ring (bicyclic) bond motifs is 8. The standard InChI is InChI=1S/C52H38F12N4O5/c1-69-45-41-37(25-5-13-29(14-6-25)49(53,54)55)33-21-23-35(65-33)39(27-9-17-31(18-10-27)51(59,60)61)43-47(71-3)73-48(72-4)44(68-43)40(28-11-19-32(20-12-28)52(62,63)64)36-24-22-34(66-36)38(42(67-41)46(45)70-2)26-7-15-30(16-8-26)50(56,57)58/h5-24,45-48,65-66H,1-4H3/t45-,46+,47-,48-/m0/s1. The van der Waals surface area contributed by atoms with Crippen LogP contribution in [0.4, 0.5) is 52.7 Å². The first kappa shape index (κ1) is 50.9. The van der Waals surface area contributed by atoms with Gasteiger partial charge in [-0.05, 0) is 95.1 Å². The minimum Gasteiger partial charge on any atom is -0.372 e. The van der Waals surface area contributed by atoms with Crippen molar-refractivity contribution in [3.8, 4) is 44.5 Å². The fraction of sp³-hybridized carbons (Fsp3) is 0.231. The first-order valence-corrected chi connectivity index (χ1v) is 21.8. The highest BCUT2D eigenvalue weighted by atomic mass is 19.4. The summed E-state index contributed by atoms with van der Waals surface area (Å²) >= 11 is 0. The second kappa shape index (κ2) is 19.1. The van der Waals surface area contributed by atoms with Gasteiger partial charge in [-0.3, -0.25) is 4.98 Å². The lowest BCUT2D eigenvalue weighted by molar-refractivity contribution is -0.247. The maximum atomic E-state index is 14.0. The summed E-state index contributed by atoms with van der Waals surface area (Å²) in [7, 11) is 5.15. The Bertz CT molecular complexity index is 3110. The number of halogens is 12. The molecular weight excluding hydrogens is 989 g/mol. The summed E-state index contributed by atoms with van der Waals surface area (Å²) in [5, 5.41) is 0. The molecule has 0 fully saturated rings. The molecule has 3 aromatic heterocycles. The van der Waals surface area contributed by atoms with Crippen LogP contribution in [0.25, 0.3) is 66.6 Å². The van der Waals surface area contributed by atoms with Gasteiger partial charge in [0, 0.05) is 72.8 Å². The first-order valence-electron chi connectivity index (χ1n) is 21.8. The lowest BCUT2D eigenvalue weighted by atomic mass is 9.96. The van der Waals surface area contributed by atoms with Gasteiger partial charge in [0.25, 0.3) is 0 Å². The van der Waals surface area contributed by atoms with Crippen molar-refractivity contribution in [3.63, 3.8) is 0 Å². The molecule has 2 aliphatic heterocycles. The molecule has 4 aromatic carbocycles. The van der Waals surface area contributed by atoms with Crippen LogP contribution in [0.2, 0.25) is 0 Å². The van der Waals surface area contributed by atoms with Crippen LogP contribution in [-0.2, 0) is 48.4 Å². The largest absolute Gasteiger partial charge is 0.416 e. The Labute approximate surface area is 406 Å². The Morgan fingerprint density at radius 1 is 0.342 bits per heavy atom. The molecule has 73 heavy (non-hydrogen) atoms. The Hall–Kier alpha value is -7.04. The maximum Gasteiger partial charge on any atom is 0.416 e. The van der Waals surface area contributed by atoms with Crippen molar-refractivity contribution in [3.05, 3.63) is 166 Å². The van der Waals surface area contributed by atoms with Gasteiger partial charge in [0.2, 0.25) is 12.6 Å². The van der Waals surface area contributed by atoms with Gasteiger partial charge in [0.05, 0.1) is 33.6 Å². The molecule has 0 radical (unpaired) electrons. The summed E-state index contributed by atoms with van der Waals surface area (Å²) in [6, 6.07) is 22.4. The SMILES string of the molecule is CO[C@H]1O[C@H](OC)c2nc1c(-c1ccc(C(F)(F)F)cc1)c1ccc([nH]1)c(-c1ccc(C(F)(F)F)cc1)c1nc(c(-c3ccc(C(F)(F)F)cc3)c3ccc([nH]3)c2-c2ccc(C(F)(F)F)cc2)[C@H](OC)[C@@H]1OC. The summed E-state index contributed by atoms with van der Waals surface area (Å²) in [6.07, 6.45) is -24.2. The zero-order chi connectivity index (χ0) is 52.4. The van der Waals surface area contributed by atoms with E-state index in [2.05, 4.69) is 9.97 Å². The predicted molar refractivity (Wildman–Crippen MR) is 243 cm³/mol. The molecule has 9 nitrogen and oxygen atoms in total. The average Bonchev–Trinajstić information content (AvgIpc) is 4.11. The van der Waals surface area contributed by atoms with Crippen molar-refractivity contribution < 1.29 is 76.4 Å². The minimum atomic E-state index is -4.75. The number of H-pyrrole nitrogens is 2. The lowest BCUT2D eigenvalue weighted by Crippen LogP contribution is -2.22. The molecule has 4 atom stereocenters. The van der Waals surface area contributed by atoms with E-state index in [1.807, 2.05) is 0 Å². The van der Waals surface area contributed by atoms with Crippen LogP contribution in [0.15, 0.2) is 121 Å². The van der Waals surface area contributed by atoms with Crippen molar-refractivity contribution in [1.82, 2.24) is 19.9 Å². The third kappa shape index (κ3) is 9.70. The van der Waals surface area contributed by atoms with Gasteiger partial charge in [-0.1, -0.05) is 48.5 Å². The van der Waals surface area contributed by atoms with Gasteiger partial charge >= 0.3 is 24.7 Å². The predicted octanol–water partition coefficient (Wildman–Crippen LogP) is 15.1. The number of alkyl halides is 12. The normalized spacial score (nSPS) is 17.8. The number of nitrogens with zero attached hydrogens (tertiary/aromatic N) is 2. The average molecular weight is 1030 g/mol. The Balaban J connectivity index is 1.53. The molecule has 5 heterocycles. The zero-order valence-electron chi connectivity index (χ0n) is 38.3. The van der Waals surface area contributed by atoms with E-state index in [0.29, 0.717) is 0 Å². The van der Waals surface area contributed by atoms with E-state index in [4.69, 9.17) is 33.7 Å². The molecular formula is C52H38F12N4O5. The van der Waals surface area contributed by atoms with Crippen LogP contribution < -0.4 is 0 Å². The Morgan fingerprint density at radius 2 is 0.575 bits per heavy atom. The van der Waals surface area contributed by atoms with Gasteiger partial charge in [-0.15, -0.1) is 0 Å². The maximum absolute atomic E-state index is 14.0. The van der Waals surface area contributed by atoms with Crippen LogP contribution in [0.5, 0.6) is 0 Å². The summed E-state index contributed by atoms with van der Waals surface area (Å²) in [5.41, 5.74) is -2.35. The lowest BCUT2D eigenvalue weighted by Gasteiger charge is -2.29. The fourth-order valence-corrected chi connectivity index (χ4v) is 9.01. The summed E-state index contributed by atoms with van der Waals surface area (Å²) in [4.78, 5) is 16.7. The van der Waals surface area contributed by atoms with E-state index in [-0.39, 0.29) is 89.4 Å². The van der Waals surface area contributed by atoms with Crippen molar-refractivity contribution >= 4 is 22.1 Å². The van der Waals surface area contributed by atoms with Crippen LogP contribution in [0.1, 0.15) is 69.8 Å². The number of methoxy groups -OCH3 is 4. The van der Waals surface area contributed by atoms with E-state index in [1.165, 1.54) is 101 Å². The smallest absolute Gasteiger partial charge is 0.372 e. The minimum absolute atomic E-state index is 0.0699. The van der Waals surface area contributed by atoms with E-state index in [9.17, 15) is 52.7 Å². The third-order valence-electron chi connectivity index (χ3n) is 12.4. The third-order valence-corrected chi connectivity index (χ3v) is 12.4. The van der Waals surface area contributed by atoms with Crippen molar-refractivity contribution in [2.24, 2.45) is 0 Å². The molecule has 0 saturated carbocycles. The highest BCUT2D eigenvalue weighted by Crippen LogP contribution is 2.49. The summed E-state index contributed by atoms with van der Waals surface area (Å²) < 4.78 is 199. The molecule has 8 bridgehead atoms. The summed E-state index contributed by atoms with van der Waals surface area (Å²) in [6.45, 7) is 0. The van der Waals surface area contributed by atoms with Gasteiger partial charge < -0.3 is 33.7 Å². The molecule has 9 rings (SSSR count). The van der Waals surface area contributed by atoms with Crippen LogP contribution >= 0.6 is 0 Å². The highest BCUT2D eigenvalue weighted by Gasteiger charge is 2.40. The summed E-state index contributed by atoms with van der Waals surface area (Å²) in [5.74, 6) is 0. The second-order valence-corrected chi connectivity index (χ2v) is 16.7. The molecule has 0 saturated heterocycles. The molecule has 2 N–H and O–H groups in total. The number of nitrogens with one attached hydrogen (secondary N) is 2. The van der Waals surface area contributed by atoms with Gasteiger partial charge in [0.15, 0.2) is 0 Å². The number of hydrogen-bond donors (Lipinski definition) is 2. The van der Waals surface area contributed by atoms with Gasteiger partial charge in [0.1, 0.15) is 23.6 Å². The fourth-order valence-electron chi connectivity index (χ4n) is 9.01. The molecule has 0 unspecified atom stereocenters. The number of aromatic amines is 2. The first-order chi connectivity index (χ1) is 34.5. The molecule has 0 amide bonds. The molecule has 2 aliphatic rings. The van der Waals surface area contributed by atoms with Crippen LogP contribution in [0, 0.1) is 0 Å². The number of hydrogen-bond acceptors (Lipinski definition) is 7. The van der Waals surface area contributed by atoms with Gasteiger partial charge in [-0.2, -0.15) is 52.7 Å². The molecule has 0 spiro atoms. The van der Waals surface area contributed by atoms with Crippen molar-refractivity contribution in [2.75, 3.05) is 28.4 Å². The number of ether oxygens (including phenoxy) is 5. The van der Waals surface area contributed by atoms with Crippen molar-refractivity contribution in [1.29, 1.82) is 0 Å². The number of rotatable bonds is 8. The highest BCUT2D eigenvalue weighted by molar-refractivity contribution is 5.92. The number of benzene rings is 4. The molecule has 7 aromatic rings. The Morgan fingerprint density at radius 3 is 0.795 bits per heavy atom. The zero-order valence-corrected chi connectivity index (χ0v) is 38.3. The van der Waals surface area contributed by atoms with Gasteiger partial charge in [-0.25, -0.2) is 4.98 Å². The second-order valence-electron chi connectivity index (χ2n) is 16.7. The van der Waals surface area contributed by atoms with E-state index in [0.717, 1.165) is 48.5 Å². The number of aromatic nitrogens is 4. The van der Waals surface area contributed by atoms with E-state index < -0.39 is 71.7 Å². The van der Waals surface area contributed by atoms with E-state index >= 15 is 0 Å². The quantitative estimate of drug-likeness (QED) is 0.146. The molecule has 21 heteroatoms. The molecule has 0 aliphatic carbocycles. The van der Waals surface area contributed by atoms with Crippen molar-refractivity contribution in [2.45, 2.75) is 49.5 Å².